The number of ketones is 6. The van der Waals surface area contributed by atoms with E-state index in [9.17, 15) is 28.8 Å². The number of allylic oxidation sites excluding steroid dienone is 10. The first-order chi connectivity index (χ1) is 23.3. The number of aromatic nitrogens is 8. The molecule has 9 aliphatic carbocycles. The number of hydrogen-bond donors (Lipinski definition) is 2. The lowest BCUT2D eigenvalue weighted by molar-refractivity contribution is -0.138. The third kappa shape index (κ3) is 2.94. The molecule has 2 aliphatic heterocycles. The number of H-pyrrole nitrogens is 2. The van der Waals surface area contributed by atoms with E-state index >= 15 is 0 Å². The van der Waals surface area contributed by atoms with Gasteiger partial charge in [-0.25, -0.2) is 29.9 Å². The Kier molecular flexibility index (Phi) is 4.44. The standard InChI is InChI=1S/C34H16N8O6/c43-23-9-1-3-11(25(23)45)19-17(9)29-36-15-7-8-16(35-15)37-30-18-10-2-4-12(26(46)24(10)44)20(18)32(39-30)41-34-22-14-6-5-13(27(47)28(14)48)21(22)33(42-34)40-31(19)38-29/h1-14H,(H2,35,36,37,38,39,40,41,42). The van der Waals surface area contributed by atoms with Gasteiger partial charge < -0.3 is 9.97 Å². The van der Waals surface area contributed by atoms with Gasteiger partial charge in [-0.1, -0.05) is 36.5 Å². The molecule has 0 spiro atoms. The van der Waals surface area contributed by atoms with Crippen LogP contribution in [-0.4, -0.2) is 74.6 Å². The van der Waals surface area contributed by atoms with Crippen molar-refractivity contribution in [1.82, 2.24) is 39.9 Å². The van der Waals surface area contributed by atoms with Gasteiger partial charge >= 0.3 is 0 Å². The van der Waals surface area contributed by atoms with Crippen LogP contribution in [0.2, 0.25) is 0 Å². The highest BCUT2D eigenvalue weighted by atomic mass is 16.2. The molecule has 14 heteroatoms. The summed E-state index contributed by atoms with van der Waals surface area (Å²) in [6.45, 7) is 0. The third-order valence-electron chi connectivity index (χ3n) is 10.3. The molecule has 14 bridgehead atoms. The fourth-order valence-corrected chi connectivity index (χ4v) is 8.22. The van der Waals surface area contributed by atoms with Crippen molar-refractivity contribution >= 4 is 79.6 Å². The smallest absolute Gasteiger partial charge is 0.210 e. The second-order valence-corrected chi connectivity index (χ2v) is 12.7. The fraction of sp³-hybridized carbons (Fsp3) is 0.176. The van der Waals surface area contributed by atoms with Crippen LogP contribution in [0.5, 0.6) is 0 Å². The van der Waals surface area contributed by atoms with Gasteiger partial charge in [-0.2, -0.15) is 0 Å². The Morgan fingerprint density at radius 3 is 1.06 bits per heavy atom. The molecule has 14 rings (SSSR count). The minimum atomic E-state index is -0.935. The Labute approximate surface area is 266 Å². The Balaban J connectivity index is 1.28. The fourth-order valence-electron chi connectivity index (χ4n) is 8.22. The number of nitrogens with one attached hydrogen (secondary N) is 2. The van der Waals surface area contributed by atoms with E-state index in [1.54, 1.807) is 48.6 Å². The number of fused-ring (bicyclic) bond motifs is 11. The summed E-state index contributed by atoms with van der Waals surface area (Å²) < 4.78 is 0. The molecule has 0 saturated carbocycles. The van der Waals surface area contributed by atoms with Crippen LogP contribution in [0, 0.1) is 23.7 Å². The molecule has 0 saturated heterocycles. The maximum absolute atomic E-state index is 13.2. The molecule has 228 valence electrons. The van der Waals surface area contributed by atoms with E-state index in [2.05, 4.69) is 9.97 Å². The normalized spacial score (nSPS) is 28.7. The van der Waals surface area contributed by atoms with E-state index in [0.717, 1.165) is 0 Å². The van der Waals surface area contributed by atoms with Crippen molar-refractivity contribution in [3.05, 3.63) is 83.0 Å². The van der Waals surface area contributed by atoms with Gasteiger partial charge in [0.1, 0.15) is 22.6 Å². The topological polar surface area (TPSA) is 211 Å². The number of Topliss-reactive ketones (excluding diaryl/α,β-unsaturated/α-hetero) is 6. The average Bonchev–Trinajstić information content (AvgIpc) is 3.86. The van der Waals surface area contributed by atoms with E-state index in [1.807, 2.05) is 0 Å². The summed E-state index contributed by atoms with van der Waals surface area (Å²) in [7, 11) is 0. The molecule has 3 aromatic heterocycles. The van der Waals surface area contributed by atoms with Crippen molar-refractivity contribution in [2.45, 2.75) is 11.8 Å². The van der Waals surface area contributed by atoms with Gasteiger partial charge in [-0.3, -0.25) is 28.8 Å². The van der Waals surface area contributed by atoms with Gasteiger partial charge in [0.25, 0.3) is 0 Å². The molecular weight excluding hydrogens is 616 g/mol. The van der Waals surface area contributed by atoms with Gasteiger partial charge in [-0.15, -0.1) is 0 Å². The Morgan fingerprint density at radius 2 is 0.688 bits per heavy atom. The highest BCUT2D eigenvalue weighted by Crippen LogP contribution is 2.50. The maximum atomic E-state index is 13.2. The lowest BCUT2D eigenvalue weighted by atomic mass is 9.70. The molecule has 0 radical (unpaired) electrons. The highest BCUT2D eigenvalue weighted by Gasteiger charge is 2.51. The van der Waals surface area contributed by atoms with E-state index in [4.69, 9.17) is 29.9 Å². The molecule has 0 amide bonds. The summed E-state index contributed by atoms with van der Waals surface area (Å²) in [6.07, 6.45) is 10.0. The lowest BCUT2D eigenvalue weighted by Gasteiger charge is -2.29. The van der Waals surface area contributed by atoms with Gasteiger partial charge in [-0.05, 0) is 12.1 Å². The molecule has 48 heavy (non-hydrogen) atoms. The molecule has 6 unspecified atom stereocenters. The number of carbonyl (C=O) groups is 6. The largest absolute Gasteiger partial charge is 0.325 e. The summed E-state index contributed by atoms with van der Waals surface area (Å²) in [5, 5.41) is 0. The van der Waals surface area contributed by atoms with Crippen LogP contribution in [0.4, 0.5) is 0 Å². The van der Waals surface area contributed by atoms with Crippen LogP contribution in [0.1, 0.15) is 46.3 Å². The van der Waals surface area contributed by atoms with Crippen LogP contribution in [-0.2, 0) is 28.8 Å². The Hall–Kier alpha value is -6.44. The van der Waals surface area contributed by atoms with Crippen molar-refractivity contribution in [2.75, 3.05) is 0 Å². The first kappa shape index (κ1) is 25.7. The zero-order chi connectivity index (χ0) is 32.3. The van der Waals surface area contributed by atoms with E-state index in [-0.39, 0.29) is 34.6 Å². The van der Waals surface area contributed by atoms with Gasteiger partial charge in [0, 0.05) is 33.4 Å². The quantitative estimate of drug-likeness (QED) is 0.267. The Bertz CT molecular complexity index is 2460. The molecule has 3 aromatic rings. The monoisotopic (exact) mass is 632 g/mol. The molecule has 6 atom stereocenters. The van der Waals surface area contributed by atoms with Crippen molar-refractivity contribution in [1.29, 1.82) is 0 Å². The van der Waals surface area contributed by atoms with Gasteiger partial charge in [0.05, 0.1) is 35.5 Å². The first-order valence-electron chi connectivity index (χ1n) is 15.3. The van der Waals surface area contributed by atoms with Crippen molar-refractivity contribution in [3.63, 3.8) is 0 Å². The van der Waals surface area contributed by atoms with Crippen molar-refractivity contribution in [2.24, 2.45) is 23.7 Å². The molecular formula is C34H16N8O6. The lowest BCUT2D eigenvalue weighted by Crippen LogP contribution is -2.38. The Morgan fingerprint density at radius 1 is 0.375 bits per heavy atom. The highest BCUT2D eigenvalue weighted by molar-refractivity contribution is 6.48. The molecule has 14 nitrogen and oxygen atoms in total. The first-order valence-corrected chi connectivity index (χ1v) is 15.3. The zero-order valence-electron chi connectivity index (χ0n) is 24.2. The zero-order valence-corrected chi connectivity index (χ0v) is 24.2. The number of hydrogen-bond acceptors (Lipinski definition) is 12. The molecule has 0 aromatic carbocycles. The predicted molar refractivity (Wildman–Crippen MR) is 163 cm³/mol. The number of carbonyl (C=O) groups excluding carboxylic acids is 6. The maximum Gasteiger partial charge on any atom is 0.210 e. The van der Waals surface area contributed by atoms with Gasteiger partial charge in [0.15, 0.2) is 23.3 Å². The number of nitrogens with zero attached hydrogens (tertiary/aromatic N) is 6. The average molecular weight is 633 g/mol. The van der Waals surface area contributed by atoms with E-state index in [0.29, 0.717) is 44.7 Å². The van der Waals surface area contributed by atoms with E-state index in [1.165, 1.54) is 0 Å². The number of aromatic amines is 2. The SMILES string of the molecule is O=C1C(=O)C2C=CC1C1=C2c2nc1nc1ccc(nc3nc(nc4[nH]c(n2)c2c4C4C=CC2C(=O)C4=O)C2=C3C3C=CC2C(=O)C3=O)[nH]1. The second kappa shape index (κ2) is 8.28. The summed E-state index contributed by atoms with van der Waals surface area (Å²) >= 11 is 0. The van der Waals surface area contributed by atoms with Crippen LogP contribution < -0.4 is 0 Å². The van der Waals surface area contributed by atoms with Gasteiger partial charge in [0.2, 0.25) is 34.7 Å². The summed E-state index contributed by atoms with van der Waals surface area (Å²) in [5.74, 6) is -8.16. The van der Waals surface area contributed by atoms with Crippen LogP contribution in [0.15, 0.2) is 48.6 Å². The molecule has 11 aliphatic rings. The summed E-state index contributed by atoms with van der Waals surface area (Å²) in [5.41, 5.74) is 3.84. The summed E-state index contributed by atoms with van der Waals surface area (Å²) in [4.78, 5) is 113. The summed E-state index contributed by atoms with van der Waals surface area (Å²) in [6, 6.07) is 3.33. The van der Waals surface area contributed by atoms with Crippen LogP contribution in [0.3, 0.4) is 0 Å². The van der Waals surface area contributed by atoms with Crippen LogP contribution >= 0.6 is 0 Å². The third-order valence-corrected chi connectivity index (χ3v) is 10.3. The van der Waals surface area contributed by atoms with Crippen molar-refractivity contribution < 1.29 is 28.8 Å². The minimum absolute atomic E-state index is 0.143. The minimum Gasteiger partial charge on any atom is -0.325 e. The molecule has 0 fully saturated rings. The molecule has 5 heterocycles. The number of rotatable bonds is 0. The second-order valence-electron chi connectivity index (χ2n) is 12.7. The molecule has 2 N–H and O–H groups in total. The van der Waals surface area contributed by atoms with Crippen LogP contribution in [0.25, 0.3) is 44.9 Å². The van der Waals surface area contributed by atoms with E-state index < -0.39 is 70.2 Å². The predicted octanol–water partition coefficient (Wildman–Crippen LogP) is 1.51. The van der Waals surface area contributed by atoms with Crippen molar-refractivity contribution in [3.8, 4) is 0 Å².